The van der Waals surface area contributed by atoms with Crippen molar-refractivity contribution in [3.05, 3.63) is 4.77 Å². The molecular weight excluding hydrogens is 216 g/mol. The minimum absolute atomic E-state index is 0.149. The third-order valence-electron chi connectivity index (χ3n) is 1.99. The zero-order valence-corrected chi connectivity index (χ0v) is 9.80. The number of rotatable bonds is 4. The number of nitrogens with one attached hydrogen (secondary N) is 1. The number of esters is 1. The van der Waals surface area contributed by atoms with Gasteiger partial charge in [0.25, 0.3) is 0 Å². The van der Waals surface area contributed by atoms with Crippen LogP contribution < -0.4 is 4.90 Å². The largest absolute Gasteiger partial charge is 0.468 e. The molecule has 0 fully saturated rings. The van der Waals surface area contributed by atoms with E-state index in [1.807, 2.05) is 6.92 Å². The summed E-state index contributed by atoms with van der Waals surface area (Å²) in [6.45, 7) is 2.81. The molecule has 1 N–H and O–H groups in total. The van der Waals surface area contributed by atoms with Crippen LogP contribution in [0.2, 0.25) is 0 Å². The van der Waals surface area contributed by atoms with Crippen LogP contribution in [0, 0.1) is 4.77 Å². The fourth-order valence-electron chi connectivity index (χ4n) is 1.21. The molecule has 0 aliphatic rings. The van der Waals surface area contributed by atoms with Gasteiger partial charge >= 0.3 is 5.97 Å². The van der Waals surface area contributed by atoms with E-state index in [0.717, 1.165) is 0 Å². The molecule has 0 saturated carbocycles. The lowest BCUT2D eigenvalue weighted by Crippen LogP contribution is -2.28. The lowest BCUT2D eigenvalue weighted by atomic mass is 10.5. The van der Waals surface area contributed by atoms with Crippen LogP contribution in [0.25, 0.3) is 0 Å². The van der Waals surface area contributed by atoms with Crippen molar-refractivity contribution in [2.75, 3.05) is 25.6 Å². The van der Waals surface area contributed by atoms with E-state index in [-0.39, 0.29) is 12.5 Å². The molecule has 6 nitrogen and oxygen atoms in total. The van der Waals surface area contributed by atoms with Crippen LogP contribution in [0.5, 0.6) is 0 Å². The summed E-state index contributed by atoms with van der Waals surface area (Å²) in [5, 5.41) is 6.72. The Morgan fingerprint density at radius 3 is 2.93 bits per heavy atom. The number of carbonyl (C=O) groups is 1. The van der Waals surface area contributed by atoms with E-state index >= 15 is 0 Å². The molecule has 7 heteroatoms. The van der Waals surface area contributed by atoms with Crippen molar-refractivity contribution in [1.29, 1.82) is 0 Å². The molecule has 0 aromatic carbocycles. The second kappa shape index (κ2) is 4.92. The van der Waals surface area contributed by atoms with Gasteiger partial charge in [-0.1, -0.05) is 0 Å². The smallest absolute Gasteiger partial charge is 0.325 e. The fourth-order valence-corrected chi connectivity index (χ4v) is 1.47. The maximum atomic E-state index is 11.1. The van der Waals surface area contributed by atoms with Gasteiger partial charge in [0.15, 0.2) is 4.77 Å². The minimum Gasteiger partial charge on any atom is -0.468 e. The minimum atomic E-state index is -0.311. The molecule has 84 valence electrons. The van der Waals surface area contributed by atoms with Crippen LogP contribution in [0.15, 0.2) is 0 Å². The Morgan fingerprint density at radius 2 is 2.40 bits per heavy atom. The van der Waals surface area contributed by atoms with E-state index in [1.54, 1.807) is 16.5 Å². The van der Waals surface area contributed by atoms with Crippen LogP contribution in [-0.2, 0) is 16.1 Å². The SMILES string of the molecule is CCn1c(N(C)CC(=O)OC)n[nH]c1=S. The first kappa shape index (κ1) is 11.7. The molecule has 0 spiro atoms. The van der Waals surface area contributed by atoms with Crippen LogP contribution in [0.3, 0.4) is 0 Å². The lowest BCUT2D eigenvalue weighted by molar-refractivity contribution is -0.138. The average Bonchev–Trinajstić information content (AvgIpc) is 2.59. The van der Waals surface area contributed by atoms with Crippen molar-refractivity contribution in [3.8, 4) is 0 Å². The number of aromatic amines is 1. The highest BCUT2D eigenvalue weighted by atomic mass is 32.1. The Hall–Kier alpha value is -1.37. The molecule has 0 unspecified atom stereocenters. The second-order valence-electron chi connectivity index (χ2n) is 3.01. The van der Waals surface area contributed by atoms with Gasteiger partial charge in [-0.05, 0) is 19.1 Å². The maximum absolute atomic E-state index is 11.1. The highest BCUT2D eigenvalue weighted by Crippen LogP contribution is 2.08. The number of H-pyrrole nitrogens is 1. The van der Waals surface area contributed by atoms with E-state index < -0.39 is 0 Å². The Bertz CT molecular complexity index is 398. The molecule has 0 saturated heterocycles. The summed E-state index contributed by atoms with van der Waals surface area (Å²) in [5.74, 6) is 0.321. The zero-order chi connectivity index (χ0) is 11.4. The topological polar surface area (TPSA) is 63.1 Å². The van der Waals surface area contributed by atoms with Gasteiger partial charge in [0.05, 0.1) is 7.11 Å². The molecule has 15 heavy (non-hydrogen) atoms. The van der Waals surface area contributed by atoms with Crippen LogP contribution >= 0.6 is 12.2 Å². The third kappa shape index (κ3) is 2.56. The molecule has 1 heterocycles. The van der Waals surface area contributed by atoms with Crippen molar-refractivity contribution >= 4 is 24.1 Å². The highest BCUT2D eigenvalue weighted by Gasteiger charge is 2.13. The number of likely N-dealkylation sites (N-methyl/N-ethyl adjacent to an activating group) is 1. The number of nitrogens with zero attached hydrogens (tertiary/aromatic N) is 3. The van der Waals surface area contributed by atoms with E-state index in [9.17, 15) is 4.79 Å². The second-order valence-corrected chi connectivity index (χ2v) is 3.39. The first-order valence-corrected chi connectivity index (χ1v) is 4.94. The quantitative estimate of drug-likeness (QED) is 0.605. The number of ether oxygens (including phenoxy) is 1. The summed E-state index contributed by atoms with van der Waals surface area (Å²) in [6.07, 6.45) is 0. The van der Waals surface area contributed by atoms with E-state index in [2.05, 4.69) is 14.9 Å². The molecule has 1 aromatic rings. The van der Waals surface area contributed by atoms with Crippen LogP contribution in [0.1, 0.15) is 6.92 Å². The van der Waals surface area contributed by atoms with Gasteiger partial charge in [-0.2, -0.15) is 0 Å². The number of carbonyl (C=O) groups excluding carboxylic acids is 1. The van der Waals surface area contributed by atoms with Gasteiger partial charge in [0, 0.05) is 13.6 Å². The predicted molar refractivity (Wildman–Crippen MR) is 58.4 cm³/mol. The predicted octanol–water partition coefficient (Wildman–Crippen LogP) is 0.570. The Morgan fingerprint density at radius 1 is 1.73 bits per heavy atom. The first-order chi connectivity index (χ1) is 7.10. The molecule has 0 radical (unpaired) electrons. The van der Waals surface area contributed by atoms with Crippen LogP contribution in [0.4, 0.5) is 5.95 Å². The molecule has 0 amide bonds. The zero-order valence-electron chi connectivity index (χ0n) is 8.98. The standard InChI is InChI=1S/C8H14N4O2S/c1-4-12-7(9-10-8(12)15)11(2)5-6(13)14-3/h4-5H2,1-3H3,(H,10,15). The molecule has 0 bridgehead atoms. The Labute approximate surface area is 92.8 Å². The van der Waals surface area contributed by atoms with E-state index in [4.69, 9.17) is 12.2 Å². The van der Waals surface area contributed by atoms with Gasteiger partial charge in [-0.3, -0.25) is 9.36 Å². The highest BCUT2D eigenvalue weighted by molar-refractivity contribution is 7.71. The number of anilines is 1. The van der Waals surface area contributed by atoms with Crippen molar-refractivity contribution in [2.24, 2.45) is 0 Å². The Kier molecular flexibility index (Phi) is 3.84. The van der Waals surface area contributed by atoms with E-state index in [0.29, 0.717) is 17.3 Å². The maximum Gasteiger partial charge on any atom is 0.325 e. The van der Waals surface area contributed by atoms with Crippen molar-refractivity contribution in [2.45, 2.75) is 13.5 Å². The molecule has 0 atom stereocenters. The van der Waals surface area contributed by atoms with Crippen molar-refractivity contribution < 1.29 is 9.53 Å². The van der Waals surface area contributed by atoms with Gasteiger partial charge in [0.1, 0.15) is 6.54 Å². The van der Waals surface area contributed by atoms with Crippen molar-refractivity contribution in [3.63, 3.8) is 0 Å². The fraction of sp³-hybridized carbons (Fsp3) is 0.625. The number of hydrogen-bond donors (Lipinski definition) is 1. The lowest BCUT2D eigenvalue weighted by Gasteiger charge is -2.16. The summed E-state index contributed by atoms with van der Waals surface area (Å²) in [4.78, 5) is 12.7. The molecule has 1 rings (SSSR count). The summed E-state index contributed by atoms with van der Waals surface area (Å²) >= 11 is 5.04. The summed E-state index contributed by atoms with van der Waals surface area (Å²) in [7, 11) is 3.11. The average molecular weight is 230 g/mol. The summed E-state index contributed by atoms with van der Waals surface area (Å²) < 4.78 is 6.92. The molecular formula is C8H14N4O2S. The third-order valence-corrected chi connectivity index (χ3v) is 2.30. The van der Waals surface area contributed by atoms with Gasteiger partial charge < -0.3 is 9.64 Å². The molecule has 1 aromatic heterocycles. The molecule has 0 aliphatic heterocycles. The first-order valence-electron chi connectivity index (χ1n) is 4.53. The molecule has 0 aliphatic carbocycles. The van der Waals surface area contributed by atoms with Gasteiger partial charge in [-0.15, -0.1) is 5.10 Å². The number of aromatic nitrogens is 3. The summed E-state index contributed by atoms with van der Waals surface area (Å²) in [6, 6.07) is 0. The van der Waals surface area contributed by atoms with E-state index in [1.165, 1.54) is 7.11 Å². The number of hydrogen-bond acceptors (Lipinski definition) is 5. The monoisotopic (exact) mass is 230 g/mol. The normalized spacial score (nSPS) is 10.1. The number of methoxy groups -OCH3 is 1. The van der Waals surface area contributed by atoms with Gasteiger partial charge in [-0.25, -0.2) is 5.10 Å². The Balaban J connectivity index is 2.86. The summed E-state index contributed by atoms with van der Waals surface area (Å²) in [5.41, 5.74) is 0. The van der Waals surface area contributed by atoms with Crippen molar-refractivity contribution in [1.82, 2.24) is 14.8 Å². The van der Waals surface area contributed by atoms with Gasteiger partial charge in [0.2, 0.25) is 5.95 Å². The van der Waals surface area contributed by atoms with Crippen LogP contribution in [-0.4, -0.2) is 41.4 Å².